The van der Waals surface area contributed by atoms with E-state index in [0.29, 0.717) is 35.6 Å². The number of nitrogens with zero attached hydrogens (tertiary/aromatic N) is 4. The van der Waals surface area contributed by atoms with Crippen LogP contribution in [0.5, 0.6) is 0 Å². The minimum absolute atomic E-state index is 0. The SMILES string of the molecule is C.CC.Cc1ccc(NS(=O)(=O)N2CCCC2)c(F)c1C(=O)c1c[nH]c2ncc(-c3cnc(C4CC4)nc3)cc12. The van der Waals surface area contributed by atoms with Crippen molar-refractivity contribution in [3.63, 3.8) is 0 Å². The second-order valence-electron chi connectivity index (χ2n) is 9.59. The molecule has 212 valence electrons. The summed E-state index contributed by atoms with van der Waals surface area (Å²) in [5.41, 5.74) is 2.16. The molecule has 1 aliphatic heterocycles. The van der Waals surface area contributed by atoms with Crippen molar-refractivity contribution in [1.82, 2.24) is 24.2 Å². The van der Waals surface area contributed by atoms with Gasteiger partial charge in [-0.15, -0.1) is 0 Å². The maximum Gasteiger partial charge on any atom is 0.301 e. The monoisotopic (exact) mass is 566 g/mol. The largest absolute Gasteiger partial charge is 0.345 e. The highest BCUT2D eigenvalue weighted by Gasteiger charge is 2.29. The van der Waals surface area contributed by atoms with Gasteiger partial charge in [0.25, 0.3) is 0 Å². The van der Waals surface area contributed by atoms with Gasteiger partial charge >= 0.3 is 10.2 Å². The number of ketones is 1. The molecule has 2 N–H and O–H groups in total. The summed E-state index contributed by atoms with van der Waals surface area (Å²) < 4.78 is 44.6. The Morgan fingerprint density at radius 3 is 2.35 bits per heavy atom. The van der Waals surface area contributed by atoms with Gasteiger partial charge in [-0.05, 0) is 50.3 Å². The first-order chi connectivity index (χ1) is 18.8. The molecule has 4 aromatic rings. The van der Waals surface area contributed by atoms with Crippen LogP contribution in [0.25, 0.3) is 22.2 Å². The van der Waals surface area contributed by atoms with E-state index < -0.39 is 21.8 Å². The number of nitrogens with one attached hydrogen (secondary N) is 2. The van der Waals surface area contributed by atoms with Gasteiger partial charge < -0.3 is 4.98 Å². The zero-order valence-electron chi connectivity index (χ0n) is 22.2. The van der Waals surface area contributed by atoms with Crippen LogP contribution < -0.4 is 4.72 Å². The van der Waals surface area contributed by atoms with Crippen molar-refractivity contribution >= 4 is 32.7 Å². The van der Waals surface area contributed by atoms with E-state index in [4.69, 9.17) is 0 Å². The molecule has 2 aliphatic rings. The molecule has 40 heavy (non-hydrogen) atoms. The highest BCUT2D eigenvalue weighted by Crippen LogP contribution is 2.38. The maximum atomic E-state index is 15.6. The standard InChI is InChI=1S/C26H25FN6O3S.C2H6.CH4/c1-15-4-7-21(32-37(35,36)33-8-2-3-9-33)23(27)22(15)24(34)20-14-31-26-19(20)10-17(11-30-26)18-12-28-25(29-13-18)16-5-6-16;1-2;/h4,7,10-14,16,32H,2-3,5-6,8-9H2,1H3,(H,30,31);1-2H3;1H4. The third kappa shape index (κ3) is 5.62. The van der Waals surface area contributed by atoms with Crippen LogP contribution in [0.15, 0.2) is 43.0 Å². The zero-order valence-corrected chi connectivity index (χ0v) is 23.0. The lowest BCUT2D eigenvalue weighted by Gasteiger charge is -2.18. The number of carbonyl (C=O) groups is 1. The summed E-state index contributed by atoms with van der Waals surface area (Å²) in [5, 5.41) is 0.524. The Bertz CT molecular complexity index is 1630. The Morgan fingerprint density at radius 2 is 1.70 bits per heavy atom. The normalized spacial score (nSPS) is 15.3. The molecule has 1 saturated carbocycles. The summed E-state index contributed by atoms with van der Waals surface area (Å²) in [5.74, 6) is -0.197. The van der Waals surface area contributed by atoms with Crippen molar-refractivity contribution in [2.45, 2.75) is 59.8 Å². The van der Waals surface area contributed by atoms with Crippen molar-refractivity contribution in [2.24, 2.45) is 0 Å². The summed E-state index contributed by atoms with van der Waals surface area (Å²) in [7, 11) is -3.92. The first-order valence-electron chi connectivity index (χ1n) is 13.2. The van der Waals surface area contributed by atoms with Crippen molar-refractivity contribution in [2.75, 3.05) is 17.8 Å². The minimum Gasteiger partial charge on any atom is -0.345 e. The zero-order chi connectivity index (χ0) is 27.7. The number of rotatable bonds is 7. The van der Waals surface area contributed by atoms with Crippen LogP contribution in [0.1, 0.15) is 80.2 Å². The fourth-order valence-electron chi connectivity index (χ4n) is 4.69. The van der Waals surface area contributed by atoms with E-state index in [1.165, 1.54) is 22.6 Å². The van der Waals surface area contributed by atoms with E-state index in [9.17, 15) is 13.2 Å². The van der Waals surface area contributed by atoms with E-state index in [2.05, 4.69) is 24.7 Å². The molecule has 2 fully saturated rings. The van der Waals surface area contributed by atoms with Gasteiger partial charge in [0, 0.05) is 65.9 Å². The quantitative estimate of drug-likeness (QED) is 0.265. The molecule has 11 heteroatoms. The van der Waals surface area contributed by atoms with Crippen LogP contribution in [0.2, 0.25) is 0 Å². The molecule has 1 saturated heterocycles. The van der Waals surface area contributed by atoms with Crippen LogP contribution in [0, 0.1) is 12.7 Å². The average Bonchev–Trinajstić information content (AvgIpc) is 3.45. The number of fused-ring (bicyclic) bond motifs is 1. The Hall–Kier alpha value is -3.70. The number of pyridine rings is 1. The summed E-state index contributed by atoms with van der Waals surface area (Å²) in [6, 6.07) is 4.68. The lowest BCUT2D eigenvalue weighted by molar-refractivity contribution is 0.103. The summed E-state index contributed by atoms with van der Waals surface area (Å²) in [6.45, 7) is 6.38. The Balaban J connectivity index is 0.00000121. The van der Waals surface area contributed by atoms with Gasteiger partial charge in [0.05, 0.1) is 11.3 Å². The van der Waals surface area contributed by atoms with Crippen LogP contribution in [-0.4, -0.2) is 51.5 Å². The molecule has 0 radical (unpaired) electrons. The lowest BCUT2D eigenvalue weighted by Crippen LogP contribution is -2.33. The Morgan fingerprint density at radius 1 is 1.05 bits per heavy atom. The van der Waals surface area contributed by atoms with E-state index in [1.807, 2.05) is 13.8 Å². The first kappa shape index (κ1) is 29.3. The molecule has 4 heterocycles. The summed E-state index contributed by atoms with van der Waals surface area (Å²) in [6.07, 6.45) is 10.4. The Labute approximate surface area is 234 Å². The molecule has 0 unspecified atom stereocenters. The van der Waals surface area contributed by atoms with E-state index >= 15 is 4.39 Å². The van der Waals surface area contributed by atoms with Crippen molar-refractivity contribution < 1.29 is 17.6 Å². The van der Waals surface area contributed by atoms with Crippen LogP contribution in [0.4, 0.5) is 10.1 Å². The first-order valence-corrected chi connectivity index (χ1v) is 14.7. The van der Waals surface area contributed by atoms with Crippen LogP contribution in [-0.2, 0) is 10.2 Å². The molecular formula is C29H35FN6O3S. The molecule has 6 rings (SSSR count). The molecule has 0 spiro atoms. The maximum absolute atomic E-state index is 15.6. The second kappa shape index (κ2) is 11.8. The molecule has 3 aromatic heterocycles. The van der Waals surface area contributed by atoms with Gasteiger partial charge in [-0.2, -0.15) is 12.7 Å². The Kier molecular flexibility index (Phi) is 8.65. The summed E-state index contributed by atoms with van der Waals surface area (Å²) in [4.78, 5) is 29.9. The fraction of sp³-hybridized carbons (Fsp3) is 0.379. The molecule has 0 bridgehead atoms. The number of aryl methyl sites for hydroxylation is 1. The number of anilines is 1. The lowest BCUT2D eigenvalue weighted by atomic mass is 9.97. The van der Waals surface area contributed by atoms with Crippen LogP contribution >= 0.6 is 0 Å². The van der Waals surface area contributed by atoms with Gasteiger partial charge in [0.15, 0.2) is 11.6 Å². The van der Waals surface area contributed by atoms with E-state index in [0.717, 1.165) is 42.6 Å². The van der Waals surface area contributed by atoms with Gasteiger partial charge in [0.1, 0.15) is 11.5 Å². The third-order valence-corrected chi connectivity index (χ3v) is 8.47. The van der Waals surface area contributed by atoms with Crippen molar-refractivity contribution in [3.8, 4) is 11.1 Å². The number of halogens is 1. The van der Waals surface area contributed by atoms with E-state index in [1.54, 1.807) is 31.6 Å². The highest BCUT2D eigenvalue weighted by molar-refractivity contribution is 7.90. The fourth-order valence-corrected chi connectivity index (χ4v) is 5.99. The minimum atomic E-state index is -3.92. The van der Waals surface area contributed by atoms with Crippen molar-refractivity contribution in [1.29, 1.82) is 0 Å². The number of carbonyl (C=O) groups excluding carboxylic acids is 1. The molecule has 0 amide bonds. The van der Waals surface area contributed by atoms with Crippen molar-refractivity contribution in [3.05, 3.63) is 71.3 Å². The molecule has 9 nitrogen and oxygen atoms in total. The average molecular weight is 567 g/mol. The molecular weight excluding hydrogens is 531 g/mol. The number of H-pyrrole nitrogens is 1. The molecule has 1 aliphatic carbocycles. The van der Waals surface area contributed by atoms with Gasteiger partial charge in [-0.1, -0.05) is 27.3 Å². The predicted octanol–water partition coefficient (Wildman–Crippen LogP) is 5.99. The number of aromatic nitrogens is 4. The van der Waals surface area contributed by atoms with Gasteiger partial charge in [-0.25, -0.2) is 19.3 Å². The number of benzene rings is 1. The second-order valence-corrected chi connectivity index (χ2v) is 11.3. The third-order valence-electron chi connectivity index (χ3n) is 6.94. The topological polar surface area (TPSA) is 121 Å². The van der Waals surface area contributed by atoms with Crippen LogP contribution in [0.3, 0.4) is 0 Å². The molecule has 0 atom stereocenters. The predicted molar refractivity (Wildman–Crippen MR) is 155 cm³/mol. The number of aromatic amines is 1. The van der Waals surface area contributed by atoms with Gasteiger partial charge in [-0.3, -0.25) is 9.52 Å². The van der Waals surface area contributed by atoms with Gasteiger partial charge in [0.2, 0.25) is 0 Å². The summed E-state index contributed by atoms with van der Waals surface area (Å²) >= 11 is 0. The smallest absolute Gasteiger partial charge is 0.301 e. The number of hydrogen-bond acceptors (Lipinski definition) is 6. The highest BCUT2D eigenvalue weighted by atomic mass is 32.2. The molecule has 1 aromatic carbocycles. The van der Waals surface area contributed by atoms with E-state index in [-0.39, 0.29) is 24.2 Å². The number of hydrogen-bond donors (Lipinski definition) is 2.